The van der Waals surface area contributed by atoms with Gasteiger partial charge in [0.1, 0.15) is 0 Å². The third-order valence-corrected chi connectivity index (χ3v) is 5.45. The van der Waals surface area contributed by atoms with Gasteiger partial charge in [0, 0.05) is 51.0 Å². The molecule has 30 heavy (non-hydrogen) atoms. The molecule has 0 saturated carbocycles. The summed E-state index contributed by atoms with van der Waals surface area (Å²) in [6.07, 6.45) is 0. The quantitative estimate of drug-likeness (QED) is 0.713. The van der Waals surface area contributed by atoms with Crippen molar-refractivity contribution in [2.75, 3.05) is 45.8 Å². The number of carbonyl (C=O) groups is 2. The standard InChI is InChI=1S/C22H29N5O3/c1-4-25(5-2)20(29)16-24-11-13-26(14-12-24)22(30)21-19(28)15-17(3)27(23-21)18-9-7-6-8-10-18/h6-10,15H,4-5,11-14,16H2,1-3H3. The molecule has 8 nitrogen and oxygen atoms in total. The SMILES string of the molecule is CCN(CC)C(=O)CN1CCN(C(=O)c2nn(-c3ccccc3)c(C)cc2=O)CC1. The lowest BCUT2D eigenvalue weighted by atomic mass is 10.2. The van der Waals surface area contributed by atoms with E-state index < -0.39 is 0 Å². The highest BCUT2D eigenvalue weighted by molar-refractivity contribution is 5.92. The fraction of sp³-hybridized carbons (Fsp3) is 0.455. The zero-order chi connectivity index (χ0) is 21.7. The fourth-order valence-corrected chi connectivity index (χ4v) is 3.65. The summed E-state index contributed by atoms with van der Waals surface area (Å²) in [5, 5.41) is 4.37. The number of benzene rings is 1. The molecule has 160 valence electrons. The Balaban J connectivity index is 1.70. The number of aromatic nitrogens is 2. The lowest BCUT2D eigenvalue weighted by molar-refractivity contribution is -0.132. The van der Waals surface area contributed by atoms with Crippen molar-refractivity contribution in [2.45, 2.75) is 20.8 Å². The van der Waals surface area contributed by atoms with Crippen molar-refractivity contribution in [3.63, 3.8) is 0 Å². The summed E-state index contributed by atoms with van der Waals surface area (Å²) in [6, 6.07) is 10.9. The van der Waals surface area contributed by atoms with E-state index in [-0.39, 0.29) is 22.9 Å². The Kier molecular flexibility index (Phi) is 6.99. The van der Waals surface area contributed by atoms with Gasteiger partial charge in [-0.15, -0.1) is 0 Å². The van der Waals surface area contributed by atoms with Gasteiger partial charge in [0.05, 0.1) is 12.2 Å². The number of rotatable bonds is 6. The Morgan fingerprint density at radius 2 is 1.67 bits per heavy atom. The molecule has 0 spiro atoms. The third-order valence-electron chi connectivity index (χ3n) is 5.45. The number of aryl methyl sites for hydroxylation is 1. The average Bonchev–Trinajstić information content (AvgIpc) is 2.75. The molecule has 0 bridgehead atoms. The van der Waals surface area contributed by atoms with Crippen LogP contribution in [0.1, 0.15) is 30.0 Å². The topological polar surface area (TPSA) is 78.8 Å². The van der Waals surface area contributed by atoms with Crippen LogP contribution in [0.15, 0.2) is 41.2 Å². The molecule has 2 heterocycles. The number of hydrogen-bond donors (Lipinski definition) is 0. The second kappa shape index (κ2) is 9.67. The molecule has 3 rings (SSSR count). The van der Waals surface area contributed by atoms with Crippen molar-refractivity contribution in [1.82, 2.24) is 24.5 Å². The van der Waals surface area contributed by atoms with Crippen molar-refractivity contribution in [3.05, 3.63) is 58.0 Å². The summed E-state index contributed by atoms with van der Waals surface area (Å²) in [6.45, 7) is 9.59. The second-order valence-corrected chi connectivity index (χ2v) is 7.38. The number of nitrogens with zero attached hydrogens (tertiary/aromatic N) is 5. The van der Waals surface area contributed by atoms with Crippen LogP contribution in [-0.4, -0.2) is 82.1 Å². The average molecular weight is 412 g/mol. The minimum absolute atomic E-state index is 0.0721. The molecule has 2 amide bonds. The van der Waals surface area contributed by atoms with Gasteiger partial charge in [0.15, 0.2) is 5.69 Å². The predicted octanol–water partition coefficient (Wildman–Crippen LogP) is 1.17. The van der Waals surface area contributed by atoms with Crippen LogP contribution in [-0.2, 0) is 4.79 Å². The van der Waals surface area contributed by atoms with E-state index in [4.69, 9.17) is 0 Å². The summed E-state index contributed by atoms with van der Waals surface area (Å²) in [5.74, 6) is -0.259. The molecule has 0 radical (unpaired) electrons. The van der Waals surface area contributed by atoms with E-state index in [9.17, 15) is 14.4 Å². The van der Waals surface area contributed by atoms with Crippen molar-refractivity contribution < 1.29 is 9.59 Å². The first kappa shape index (κ1) is 21.7. The van der Waals surface area contributed by atoms with Crippen LogP contribution in [0.5, 0.6) is 0 Å². The Bertz CT molecular complexity index is 945. The second-order valence-electron chi connectivity index (χ2n) is 7.38. The Hall–Kier alpha value is -3.00. The Labute approximate surface area is 176 Å². The maximum absolute atomic E-state index is 13.0. The summed E-state index contributed by atoms with van der Waals surface area (Å²) >= 11 is 0. The first-order chi connectivity index (χ1) is 14.4. The highest BCUT2D eigenvalue weighted by Gasteiger charge is 2.27. The van der Waals surface area contributed by atoms with Gasteiger partial charge < -0.3 is 9.80 Å². The molecule has 1 aliphatic heterocycles. The molecule has 1 aliphatic rings. The van der Waals surface area contributed by atoms with Crippen LogP contribution >= 0.6 is 0 Å². The summed E-state index contributed by atoms with van der Waals surface area (Å²) in [7, 11) is 0. The minimum Gasteiger partial charge on any atom is -0.342 e. The summed E-state index contributed by atoms with van der Waals surface area (Å²) in [5.41, 5.74) is 1.02. The molecule has 2 aromatic rings. The van der Waals surface area contributed by atoms with Crippen molar-refractivity contribution in [3.8, 4) is 5.69 Å². The molecule has 1 fully saturated rings. The van der Waals surface area contributed by atoms with Crippen LogP contribution in [0.4, 0.5) is 0 Å². The largest absolute Gasteiger partial charge is 0.342 e. The number of carbonyl (C=O) groups excluding carboxylic acids is 2. The van der Waals surface area contributed by atoms with Gasteiger partial charge in [-0.2, -0.15) is 5.10 Å². The van der Waals surface area contributed by atoms with Crippen LogP contribution < -0.4 is 5.43 Å². The number of para-hydroxylation sites is 1. The zero-order valence-electron chi connectivity index (χ0n) is 17.9. The normalized spacial score (nSPS) is 14.6. The molecule has 1 aromatic carbocycles. The van der Waals surface area contributed by atoms with Gasteiger partial charge in [-0.1, -0.05) is 18.2 Å². The fourth-order valence-electron chi connectivity index (χ4n) is 3.65. The molecular weight excluding hydrogens is 382 g/mol. The molecular formula is C22H29N5O3. The van der Waals surface area contributed by atoms with Crippen LogP contribution in [0.3, 0.4) is 0 Å². The molecule has 1 saturated heterocycles. The maximum atomic E-state index is 13.0. The van der Waals surface area contributed by atoms with E-state index in [0.29, 0.717) is 51.5 Å². The molecule has 0 atom stereocenters. The lowest BCUT2D eigenvalue weighted by Crippen LogP contribution is -2.52. The first-order valence-electron chi connectivity index (χ1n) is 10.4. The highest BCUT2D eigenvalue weighted by Crippen LogP contribution is 2.10. The lowest BCUT2D eigenvalue weighted by Gasteiger charge is -2.35. The highest BCUT2D eigenvalue weighted by atomic mass is 16.2. The van der Waals surface area contributed by atoms with E-state index >= 15 is 0 Å². The number of piperazine rings is 1. The molecule has 1 aromatic heterocycles. The van der Waals surface area contributed by atoms with Gasteiger partial charge in [-0.05, 0) is 32.9 Å². The number of likely N-dealkylation sites (N-methyl/N-ethyl adjacent to an activating group) is 1. The van der Waals surface area contributed by atoms with Gasteiger partial charge in [0.2, 0.25) is 11.3 Å². The number of hydrogen-bond acceptors (Lipinski definition) is 5. The molecule has 0 N–H and O–H groups in total. The molecule has 0 unspecified atom stereocenters. The van der Waals surface area contributed by atoms with Gasteiger partial charge in [-0.3, -0.25) is 19.3 Å². The van der Waals surface area contributed by atoms with Crippen LogP contribution in [0, 0.1) is 6.92 Å². The van der Waals surface area contributed by atoms with Gasteiger partial charge >= 0.3 is 0 Å². The van der Waals surface area contributed by atoms with E-state index in [1.54, 1.807) is 21.4 Å². The third kappa shape index (κ3) is 4.76. The van der Waals surface area contributed by atoms with Crippen LogP contribution in [0.2, 0.25) is 0 Å². The minimum atomic E-state index is -0.371. The van der Waals surface area contributed by atoms with E-state index in [1.165, 1.54) is 6.07 Å². The summed E-state index contributed by atoms with van der Waals surface area (Å²) in [4.78, 5) is 43.3. The van der Waals surface area contributed by atoms with Crippen molar-refractivity contribution in [2.24, 2.45) is 0 Å². The first-order valence-corrected chi connectivity index (χ1v) is 10.4. The van der Waals surface area contributed by atoms with E-state index in [0.717, 1.165) is 5.69 Å². The van der Waals surface area contributed by atoms with Crippen molar-refractivity contribution >= 4 is 11.8 Å². The Morgan fingerprint density at radius 1 is 1.03 bits per heavy atom. The maximum Gasteiger partial charge on any atom is 0.278 e. The monoisotopic (exact) mass is 411 g/mol. The van der Waals surface area contributed by atoms with Crippen molar-refractivity contribution in [1.29, 1.82) is 0 Å². The van der Waals surface area contributed by atoms with E-state index in [2.05, 4.69) is 10.00 Å². The molecule has 8 heteroatoms. The van der Waals surface area contributed by atoms with Gasteiger partial charge in [-0.25, -0.2) is 4.68 Å². The van der Waals surface area contributed by atoms with Crippen LogP contribution in [0.25, 0.3) is 5.69 Å². The molecule has 0 aliphatic carbocycles. The summed E-state index contributed by atoms with van der Waals surface area (Å²) < 4.78 is 1.62. The van der Waals surface area contributed by atoms with Gasteiger partial charge in [0.25, 0.3) is 5.91 Å². The smallest absolute Gasteiger partial charge is 0.278 e. The Morgan fingerprint density at radius 3 is 2.27 bits per heavy atom. The zero-order valence-corrected chi connectivity index (χ0v) is 17.9. The van der Waals surface area contributed by atoms with E-state index in [1.807, 2.05) is 44.2 Å². The predicted molar refractivity (Wildman–Crippen MR) is 115 cm³/mol. The number of amides is 2.